The van der Waals surface area contributed by atoms with E-state index in [-0.39, 0.29) is 18.2 Å². The fraction of sp³-hybridized carbons (Fsp3) is 0.222. The first-order valence-electron chi connectivity index (χ1n) is 3.87. The fourth-order valence-electron chi connectivity index (χ4n) is 1.18. The van der Waals surface area contributed by atoms with Crippen LogP contribution >= 0.6 is 0 Å². The van der Waals surface area contributed by atoms with E-state index >= 15 is 0 Å². The van der Waals surface area contributed by atoms with Gasteiger partial charge < -0.3 is 4.74 Å². The minimum atomic E-state index is -0.316. The molecule has 1 aliphatic heterocycles. The van der Waals surface area contributed by atoms with E-state index in [0.29, 0.717) is 17.0 Å². The number of pyridine rings is 1. The Morgan fingerprint density at radius 1 is 1.62 bits per heavy atom. The summed E-state index contributed by atoms with van der Waals surface area (Å²) in [6, 6.07) is 1.55. The average molecular weight is 177 g/mol. The average Bonchev–Trinajstić information content (AvgIpc) is 2.42. The second-order valence-electron chi connectivity index (χ2n) is 2.88. The molecule has 66 valence electrons. The van der Waals surface area contributed by atoms with Gasteiger partial charge in [-0.05, 0) is 13.0 Å². The van der Waals surface area contributed by atoms with Crippen LogP contribution in [0, 0.1) is 0 Å². The molecule has 13 heavy (non-hydrogen) atoms. The molecule has 0 saturated heterocycles. The van der Waals surface area contributed by atoms with Crippen LogP contribution in [0.25, 0.3) is 0 Å². The molecule has 0 aromatic carbocycles. The summed E-state index contributed by atoms with van der Waals surface area (Å²) in [5.41, 5.74) is 1.07. The fourth-order valence-corrected chi connectivity index (χ4v) is 1.18. The number of carbonyl (C=O) groups is 2. The molecule has 0 spiro atoms. The topological polar surface area (TPSA) is 56.3 Å². The summed E-state index contributed by atoms with van der Waals surface area (Å²) in [5, 5.41) is 0. The summed E-state index contributed by atoms with van der Waals surface area (Å²) in [7, 11) is 0. The zero-order valence-corrected chi connectivity index (χ0v) is 7.03. The van der Waals surface area contributed by atoms with Gasteiger partial charge in [-0.1, -0.05) is 0 Å². The Labute approximate surface area is 74.5 Å². The van der Waals surface area contributed by atoms with Gasteiger partial charge in [0.05, 0.1) is 12.1 Å². The van der Waals surface area contributed by atoms with Crippen LogP contribution in [0.3, 0.4) is 0 Å². The molecule has 0 saturated carbocycles. The van der Waals surface area contributed by atoms with Crippen LogP contribution in [0.4, 0.5) is 0 Å². The monoisotopic (exact) mass is 177 g/mol. The molecule has 0 unspecified atom stereocenters. The summed E-state index contributed by atoms with van der Waals surface area (Å²) in [5.74, 6) is 0.0131. The lowest BCUT2D eigenvalue weighted by molar-refractivity contribution is -0.131. The number of hydrogen-bond acceptors (Lipinski definition) is 4. The highest BCUT2D eigenvalue weighted by atomic mass is 16.5. The third kappa shape index (κ3) is 1.30. The Morgan fingerprint density at radius 2 is 2.38 bits per heavy atom. The third-order valence-electron chi connectivity index (χ3n) is 1.87. The zero-order chi connectivity index (χ0) is 9.42. The van der Waals surface area contributed by atoms with Crippen molar-refractivity contribution in [3.8, 4) is 5.75 Å². The molecule has 0 fully saturated rings. The molecule has 0 radical (unpaired) electrons. The maximum Gasteiger partial charge on any atom is 0.317 e. The van der Waals surface area contributed by atoms with E-state index in [2.05, 4.69) is 4.98 Å². The van der Waals surface area contributed by atoms with E-state index in [4.69, 9.17) is 4.74 Å². The van der Waals surface area contributed by atoms with Crippen LogP contribution in [0.2, 0.25) is 0 Å². The van der Waals surface area contributed by atoms with Gasteiger partial charge in [0.15, 0.2) is 11.5 Å². The number of carbonyl (C=O) groups excluding carboxylic acids is 2. The summed E-state index contributed by atoms with van der Waals surface area (Å²) in [6.45, 7) is 1.44. The minimum absolute atomic E-state index is 0.0850. The van der Waals surface area contributed by atoms with Gasteiger partial charge >= 0.3 is 5.97 Å². The van der Waals surface area contributed by atoms with Crippen LogP contribution in [0.15, 0.2) is 12.3 Å². The molecule has 0 N–H and O–H groups in total. The van der Waals surface area contributed by atoms with E-state index in [0.717, 1.165) is 0 Å². The molecular formula is C9H7NO3. The maximum absolute atomic E-state index is 10.9. The Balaban J connectivity index is 2.45. The molecule has 1 aromatic rings. The first-order valence-corrected chi connectivity index (χ1v) is 3.87. The molecule has 4 heteroatoms. The predicted molar refractivity (Wildman–Crippen MR) is 43.6 cm³/mol. The lowest BCUT2D eigenvalue weighted by Gasteiger charge is -1.97. The molecule has 1 aliphatic rings. The van der Waals surface area contributed by atoms with Gasteiger partial charge in [-0.2, -0.15) is 0 Å². The van der Waals surface area contributed by atoms with Crippen LogP contribution in [0.1, 0.15) is 23.0 Å². The Bertz CT molecular complexity index is 398. The molecule has 0 amide bonds. The zero-order valence-electron chi connectivity index (χ0n) is 7.03. The van der Waals surface area contributed by atoms with Gasteiger partial charge in [-0.15, -0.1) is 0 Å². The number of aromatic nitrogens is 1. The first kappa shape index (κ1) is 7.91. The molecule has 2 rings (SSSR count). The van der Waals surface area contributed by atoms with E-state index in [9.17, 15) is 9.59 Å². The highest BCUT2D eigenvalue weighted by Crippen LogP contribution is 2.24. The predicted octanol–water partition coefficient (Wildman–Crippen LogP) is 0.746. The molecule has 0 bridgehead atoms. The van der Waals surface area contributed by atoms with Gasteiger partial charge in [-0.25, -0.2) is 0 Å². The largest absolute Gasteiger partial charge is 0.424 e. The highest BCUT2D eigenvalue weighted by Gasteiger charge is 2.22. The van der Waals surface area contributed by atoms with E-state index < -0.39 is 0 Å². The van der Waals surface area contributed by atoms with Gasteiger partial charge in [0.25, 0.3) is 0 Å². The lowest BCUT2D eigenvalue weighted by atomic mass is 10.2. The summed E-state index contributed by atoms with van der Waals surface area (Å²) in [6.07, 6.45) is 1.66. The van der Waals surface area contributed by atoms with Crippen molar-refractivity contribution in [1.29, 1.82) is 0 Å². The SMILES string of the molecule is CC(=O)c1cnc2c(c1)OC(=O)C2. The molecule has 0 atom stereocenters. The second kappa shape index (κ2) is 2.65. The van der Waals surface area contributed by atoms with Gasteiger partial charge in [0.2, 0.25) is 0 Å². The number of nitrogens with zero attached hydrogens (tertiary/aromatic N) is 1. The van der Waals surface area contributed by atoms with Crippen molar-refractivity contribution in [3.05, 3.63) is 23.5 Å². The first-order chi connectivity index (χ1) is 6.16. The minimum Gasteiger partial charge on any atom is -0.424 e. The lowest BCUT2D eigenvalue weighted by Crippen LogP contribution is -2.00. The van der Waals surface area contributed by atoms with Crippen LogP contribution in [0.5, 0.6) is 5.75 Å². The highest BCUT2D eigenvalue weighted by molar-refractivity contribution is 5.94. The number of fused-ring (bicyclic) bond motifs is 1. The van der Waals surface area contributed by atoms with Crippen molar-refractivity contribution in [2.45, 2.75) is 13.3 Å². The van der Waals surface area contributed by atoms with Crippen molar-refractivity contribution in [2.24, 2.45) is 0 Å². The summed E-state index contributed by atoms with van der Waals surface area (Å²) >= 11 is 0. The maximum atomic E-state index is 10.9. The summed E-state index contributed by atoms with van der Waals surface area (Å²) < 4.78 is 4.84. The molecule has 1 aromatic heterocycles. The quantitative estimate of drug-likeness (QED) is 0.469. The Kier molecular flexibility index (Phi) is 1.62. The Morgan fingerprint density at radius 3 is 3.08 bits per heavy atom. The van der Waals surface area contributed by atoms with E-state index in [1.165, 1.54) is 13.1 Å². The number of rotatable bonds is 1. The van der Waals surface area contributed by atoms with Crippen LogP contribution < -0.4 is 4.74 Å². The molecular weight excluding hydrogens is 170 g/mol. The number of hydrogen-bond donors (Lipinski definition) is 0. The van der Waals surface area contributed by atoms with Gasteiger partial charge in [0, 0.05) is 11.8 Å². The Hall–Kier alpha value is -1.71. The van der Waals surface area contributed by atoms with Crippen LogP contribution in [-0.4, -0.2) is 16.7 Å². The van der Waals surface area contributed by atoms with Crippen molar-refractivity contribution in [2.75, 3.05) is 0 Å². The van der Waals surface area contributed by atoms with Crippen LogP contribution in [-0.2, 0) is 11.2 Å². The second-order valence-corrected chi connectivity index (χ2v) is 2.88. The molecule has 2 heterocycles. The standard InChI is InChI=1S/C9H7NO3/c1-5(11)6-2-8-7(10-4-6)3-9(12)13-8/h2,4H,3H2,1H3. The smallest absolute Gasteiger partial charge is 0.317 e. The van der Waals surface area contributed by atoms with Crippen molar-refractivity contribution < 1.29 is 14.3 Å². The van der Waals surface area contributed by atoms with Crippen molar-refractivity contribution in [1.82, 2.24) is 4.98 Å². The summed E-state index contributed by atoms with van der Waals surface area (Å²) in [4.78, 5) is 25.7. The van der Waals surface area contributed by atoms with Crippen molar-refractivity contribution in [3.63, 3.8) is 0 Å². The normalized spacial score (nSPS) is 13.8. The van der Waals surface area contributed by atoms with E-state index in [1.54, 1.807) is 6.07 Å². The van der Waals surface area contributed by atoms with Gasteiger partial charge in [0.1, 0.15) is 0 Å². The third-order valence-corrected chi connectivity index (χ3v) is 1.87. The number of esters is 1. The number of ether oxygens (including phenoxy) is 1. The van der Waals surface area contributed by atoms with Gasteiger partial charge in [-0.3, -0.25) is 14.6 Å². The molecule has 4 nitrogen and oxygen atoms in total. The number of Topliss-reactive ketones (excluding diaryl/α,β-unsaturated/α-hetero) is 1. The molecule has 0 aliphatic carbocycles. The van der Waals surface area contributed by atoms with Crippen molar-refractivity contribution >= 4 is 11.8 Å². The van der Waals surface area contributed by atoms with E-state index in [1.807, 2.05) is 0 Å². The number of ketones is 1.